The lowest BCUT2D eigenvalue weighted by Crippen LogP contribution is -2.06. The van der Waals surface area contributed by atoms with Gasteiger partial charge in [0.15, 0.2) is 5.78 Å². The highest BCUT2D eigenvalue weighted by Gasteiger charge is 2.09. The van der Waals surface area contributed by atoms with E-state index >= 15 is 0 Å². The highest BCUT2D eigenvalue weighted by atomic mass is 16.1. The molecule has 0 saturated heterocycles. The van der Waals surface area contributed by atoms with E-state index in [2.05, 4.69) is 48.3 Å². The molecule has 0 aliphatic carbocycles. The first-order valence-corrected chi connectivity index (χ1v) is 8.79. The number of rotatable bonds is 7. The second kappa shape index (κ2) is 8.39. The van der Waals surface area contributed by atoms with E-state index in [1.54, 1.807) is 0 Å². The smallest absolute Gasteiger partial charge is 0.181 e. The molecule has 1 heterocycles. The van der Waals surface area contributed by atoms with Gasteiger partial charge in [0.25, 0.3) is 0 Å². The molecule has 2 nitrogen and oxygen atoms in total. The molecular weight excluding hydrogens is 306 g/mol. The summed E-state index contributed by atoms with van der Waals surface area (Å²) in [5.74, 6) is 0.112. The molecule has 0 unspecified atom stereocenters. The van der Waals surface area contributed by atoms with Crippen LogP contribution in [0.1, 0.15) is 39.3 Å². The summed E-state index contributed by atoms with van der Waals surface area (Å²) in [5.41, 5.74) is 5.32. The summed E-state index contributed by atoms with van der Waals surface area (Å²) in [6.07, 6.45) is 3.05. The molecular formula is C23H23NO. The van der Waals surface area contributed by atoms with Crippen LogP contribution in [-0.2, 0) is 19.3 Å². The molecule has 0 atom stereocenters. The van der Waals surface area contributed by atoms with Gasteiger partial charge in [0.05, 0.1) is 0 Å². The Morgan fingerprint density at radius 1 is 0.760 bits per heavy atom. The molecule has 2 heteroatoms. The fourth-order valence-corrected chi connectivity index (χ4v) is 2.83. The number of Topliss-reactive ketones (excluding diaryl/α,β-unsaturated/α-hetero) is 1. The Labute approximate surface area is 149 Å². The molecule has 0 fully saturated rings. The maximum atomic E-state index is 12.4. The van der Waals surface area contributed by atoms with Crippen molar-refractivity contribution < 1.29 is 4.79 Å². The molecule has 2 aromatic carbocycles. The Kier molecular flexibility index (Phi) is 5.73. The summed E-state index contributed by atoms with van der Waals surface area (Å²) in [7, 11) is 0. The lowest BCUT2D eigenvalue weighted by molar-refractivity contribution is 0.0978. The van der Waals surface area contributed by atoms with Gasteiger partial charge in [-0.05, 0) is 49.4 Å². The zero-order chi connectivity index (χ0) is 17.5. The number of benzene rings is 2. The zero-order valence-corrected chi connectivity index (χ0v) is 14.6. The van der Waals surface area contributed by atoms with Crippen LogP contribution < -0.4 is 0 Å². The normalized spacial score (nSPS) is 10.6. The van der Waals surface area contributed by atoms with Crippen molar-refractivity contribution in [1.29, 1.82) is 0 Å². The largest absolute Gasteiger partial charge is 0.292 e. The summed E-state index contributed by atoms with van der Waals surface area (Å²) in [5, 5.41) is 0. The topological polar surface area (TPSA) is 30.0 Å². The Bertz CT molecular complexity index is 822. The van der Waals surface area contributed by atoms with E-state index in [1.807, 2.05) is 36.4 Å². The molecule has 0 amide bonds. The minimum Gasteiger partial charge on any atom is -0.292 e. The van der Waals surface area contributed by atoms with Crippen molar-refractivity contribution in [1.82, 2.24) is 4.98 Å². The quantitative estimate of drug-likeness (QED) is 0.572. The van der Waals surface area contributed by atoms with Crippen molar-refractivity contribution in [2.45, 2.75) is 32.6 Å². The number of carbonyl (C=O) groups is 1. The maximum absolute atomic E-state index is 12.4. The minimum atomic E-state index is 0.112. The van der Waals surface area contributed by atoms with E-state index in [-0.39, 0.29) is 5.78 Å². The van der Waals surface area contributed by atoms with Crippen LogP contribution in [0, 0.1) is 6.92 Å². The Hall–Kier alpha value is -2.74. The van der Waals surface area contributed by atoms with Gasteiger partial charge in [-0.15, -0.1) is 0 Å². The molecule has 0 spiro atoms. The van der Waals surface area contributed by atoms with E-state index in [0.29, 0.717) is 12.1 Å². The summed E-state index contributed by atoms with van der Waals surface area (Å²) in [6.45, 7) is 2.09. The van der Waals surface area contributed by atoms with Crippen LogP contribution in [0.25, 0.3) is 0 Å². The van der Waals surface area contributed by atoms with Crippen LogP contribution >= 0.6 is 0 Å². The molecule has 0 saturated carbocycles. The monoisotopic (exact) mass is 329 g/mol. The molecule has 126 valence electrons. The Balaban J connectivity index is 1.58. The van der Waals surface area contributed by atoms with Crippen molar-refractivity contribution in [3.8, 4) is 0 Å². The van der Waals surface area contributed by atoms with Gasteiger partial charge in [-0.1, -0.05) is 66.2 Å². The zero-order valence-electron chi connectivity index (χ0n) is 14.6. The van der Waals surface area contributed by atoms with Crippen LogP contribution in [0.2, 0.25) is 0 Å². The van der Waals surface area contributed by atoms with E-state index in [1.165, 1.54) is 16.7 Å². The van der Waals surface area contributed by atoms with Crippen molar-refractivity contribution in [2.24, 2.45) is 0 Å². The van der Waals surface area contributed by atoms with Gasteiger partial charge < -0.3 is 0 Å². The lowest BCUT2D eigenvalue weighted by Gasteiger charge is -2.05. The van der Waals surface area contributed by atoms with Crippen LogP contribution in [0.4, 0.5) is 0 Å². The van der Waals surface area contributed by atoms with E-state index in [4.69, 9.17) is 0 Å². The summed E-state index contributed by atoms with van der Waals surface area (Å²) >= 11 is 0. The third-order valence-electron chi connectivity index (χ3n) is 4.37. The average molecular weight is 329 g/mol. The predicted molar refractivity (Wildman–Crippen MR) is 102 cm³/mol. The molecule has 0 radical (unpaired) electrons. The van der Waals surface area contributed by atoms with Crippen molar-refractivity contribution in [3.63, 3.8) is 0 Å². The second-order valence-corrected chi connectivity index (χ2v) is 6.41. The van der Waals surface area contributed by atoms with Gasteiger partial charge in [0.2, 0.25) is 0 Å². The third-order valence-corrected chi connectivity index (χ3v) is 4.37. The number of nitrogens with zero attached hydrogens (tertiary/aromatic N) is 1. The minimum absolute atomic E-state index is 0.112. The number of aryl methyl sites for hydroxylation is 4. The highest BCUT2D eigenvalue weighted by molar-refractivity contribution is 5.94. The van der Waals surface area contributed by atoms with Crippen LogP contribution in [0.5, 0.6) is 0 Å². The van der Waals surface area contributed by atoms with Crippen molar-refractivity contribution in [2.75, 3.05) is 0 Å². The van der Waals surface area contributed by atoms with Crippen LogP contribution in [0.15, 0.2) is 72.8 Å². The molecule has 0 aliphatic rings. The van der Waals surface area contributed by atoms with Gasteiger partial charge in [-0.25, -0.2) is 4.98 Å². The molecule has 0 aliphatic heterocycles. The third kappa shape index (κ3) is 5.12. The Morgan fingerprint density at radius 3 is 2.24 bits per heavy atom. The van der Waals surface area contributed by atoms with Crippen LogP contribution in [-0.4, -0.2) is 10.8 Å². The Morgan fingerprint density at radius 2 is 1.48 bits per heavy atom. The first kappa shape index (κ1) is 17.1. The number of hydrogen-bond acceptors (Lipinski definition) is 2. The molecule has 3 rings (SSSR count). The van der Waals surface area contributed by atoms with Gasteiger partial charge in [0, 0.05) is 12.1 Å². The van der Waals surface area contributed by atoms with E-state index in [9.17, 15) is 4.79 Å². The molecule has 3 aromatic rings. The number of hydrogen-bond donors (Lipinski definition) is 0. The van der Waals surface area contributed by atoms with Gasteiger partial charge in [-0.3, -0.25) is 4.79 Å². The summed E-state index contributed by atoms with van der Waals surface area (Å²) < 4.78 is 0. The summed E-state index contributed by atoms with van der Waals surface area (Å²) in [4.78, 5) is 17.0. The molecule has 0 N–H and O–H groups in total. The molecule has 25 heavy (non-hydrogen) atoms. The number of aromatic nitrogens is 1. The first-order valence-electron chi connectivity index (χ1n) is 8.79. The fourth-order valence-electron chi connectivity index (χ4n) is 2.83. The van der Waals surface area contributed by atoms with Crippen LogP contribution in [0.3, 0.4) is 0 Å². The average Bonchev–Trinajstić information content (AvgIpc) is 2.67. The highest BCUT2D eigenvalue weighted by Crippen LogP contribution is 2.11. The first-order chi connectivity index (χ1) is 12.2. The van der Waals surface area contributed by atoms with Gasteiger partial charge in [0.1, 0.15) is 5.69 Å². The predicted octanol–water partition coefficient (Wildman–Crippen LogP) is 4.99. The van der Waals surface area contributed by atoms with E-state index < -0.39 is 0 Å². The van der Waals surface area contributed by atoms with E-state index in [0.717, 1.165) is 25.0 Å². The second-order valence-electron chi connectivity index (χ2n) is 6.41. The SMILES string of the molecule is Cc1ccc(CCc2cccc(C(=O)CCc3ccccc3)n2)cc1. The molecule has 1 aromatic heterocycles. The fraction of sp³-hybridized carbons (Fsp3) is 0.217. The van der Waals surface area contributed by atoms with Crippen molar-refractivity contribution in [3.05, 3.63) is 101 Å². The summed E-state index contributed by atoms with van der Waals surface area (Å²) in [6, 6.07) is 24.4. The molecule has 0 bridgehead atoms. The number of pyridine rings is 1. The maximum Gasteiger partial charge on any atom is 0.181 e. The lowest BCUT2D eigenvalue weighted by atomic mass is 10.0. The standard InChI is InChI=1S/C23H23NO/c1-18-10-12-20(13-11-18)14-16-21-8-5-9-22(24-21)23(25)17-15-19-6-3-2-4-7-19/h2-13H,14-17H2,1H3. The van der Waals surface area contributed by atoms with Gasteiger partial charge in [-0.2, -0.15) is 0 Å². The van der Waals surface area contributed by atoms with Gasteiger partial charge >= 0.3 is 0 Å². The number of carbonyl (C=O) groups excluding carboxylic acids is 1. The van der Waals surface area contributed by atoms with Crippen molar-refractivity contribution >= 4 is 5.78 Å². The number of ketones is 1.